The van der Waals surface area contributed by atoms with Gasteiger partial charge in [0.05, 0.1) is 12.7 Å². The van der Waals surface area contributed by atoms with E-state index in [4.69, 9.17) is 9.48 Å². The zero-order valence-electron chi connectivity index (χ0n) is 20.7. The number of aromatic nitrogens is 1. The zero-order chi connectivity index (χ0) is 24.0. The molecule has 6 nitrogen and oxygen atoms in total. The van der Waals surface area contributed by atoms with Gasteiger partial charge in [0.1, 0.15) is 11.4 Å². The maximum absolute atomic E-state index is 13.3. The van der Waals surface area contributed by atoms with E-state index in [9.17, 15) is 9.59 Å². The van der Waals surface area contributed by atoms with Crippen LogP contribution < -0.4 is 4.74 Å². The molecular formula is C26H38N3O3P. The summed E-state index contributed by atoms with van der Waals surface area (Å²) in [7, 11) is 1.42. The van der Waals surface area contributed by atoms with E-state index in [1.807, 2.05) is 24.4 Å². The van der Waals surface area contributed by atoms with Crippen molar-refractivity contribution in [1.29, 1.82) is 0 Å². The lowest BCUT2D eigenvalue weighted by Gasteiger charge is -2.25. The number of hydrogen-bond acceptors (Lipinski definition) is 4. The molecule has 0 saturated heterocycles. The Morgan fingerprint density at radius 1 is 0.970 bits per heavy atom. The Hall–Kier alpha value is -2.33. The second-order valence-electron chi connectivity index (χ2n) is 8.93. The van der Waals surface area contributed by atoms with Crippen LogP contribution in [0, 0.1) is 0 Å². The van der Waals surface area contributed by atoms with Gasteiger partial charge in [0.25, 0.3) is 11.8 Å². The molecule has 1 aliphatic heterocycles. The fourth-order valence-electron chi connectivity index (χ4n) is 4.45. The Balaban J connectivity index is 2.26. The van der Waals surface area contributed by atoms with E-state index in [1.165, 1.54) is 4.90 Å². The Kier molecular flexibility index (Phi) is 8.58. The monoisotopic (exact) mass is 471 g/mol. The Morgan fingerprint density at radius 2 is 1.58 bits per heavy atom. The molecule has 7 heteroatoms. The summed E-state index contributed by atoms with van der Waals surface area (Å²) in [5.41, 5.74) is 2.42. The molecule has 0 atom stereocenters. The number of hydrogen-bond donors (Lipinski definition) is 1. The molecular weight excluding hydrogens is 433 g/mol. The molecule has 0 aliphatic carbocycles. The van der Waals surface area contributed by atoms with Crippen LogP contribution in [0.2, 0.25) is 0 Å². The van der Waals surface area contributed by atoms with Crippen LogP contribution in [-0.2, 0) is 9.59 Å². The molecule has 180 valence electrons. The number of nitrogens with zero attached hydrogens (tertiary/aromatic N) is 2. The molecule has 2 amide bonds. The molecule has 0 fully saturated rings. The van der Waals surface area contributed by atoms with Crippen molar-refractivity contribution >= 4 is 35.3 Å². The molecule has 1 N–H and O–H groups in total. The van der Waals surface area contributed by atoms with Gasteiger partial charge in [-0.3, -0.25) is 19.2 Å². The van der Waals surface area contributed by atoms with Gasteiger partial charge in [-0.15, -0.1) is 0 Å². The largest absolute Gasteiger partial charge is 0.497 e. The topological polar surface area (TPSA) is 74.8 Å². The molecule has 33 heavy (non-hydrogen) atoms. The van der Waals surface area contributed by atoms with Crippen LogP contribution in [-0.4, -0.2) is 54.3 Å². The first-order valence-corrected chi connectivity index (χ1v) is 14.5. The number of aromatic amines is 1. The second-order valence-corrected chi connectivity index (χ2v) is 12.7. The molecule has 0 saturated carbocycles. The molecule has 2 heterocycles. The third-order valence-corrected chi connectivity index (χ3v) is 10.6. The lowest BCUT2D eigenvalue weighted by molar-refractivity contribution is -0.135. The number of rotatable bonds is 12. The molecule has 1 aliphatic rings. The number of ether oxygens (including phenoxy) is 1. The summed E-state index contributed by atoms with van der Waals surface area (Å²) in [6.07, 6.45) is 11.6. The zero-order valence-corrected chi connectivity index (χ0v) is 21.6. The quantitative estimate of drug-likeness (QED) is 0.284. The number of methoxy groups -OCH3 is 1. The molecule has 0 bridgehead atoms. The number of fused-ring (bicyclic) bond motifs is 1. The Labute approximate surface area is 197 Å². The fraction of sp³-hybridized carbons (Fsp3) is 0.538. The number of unbranched alkanes of at least 4 members (excludes halogenated alkanes) is 3. The van der Waals surface area contributed by atoms with Crippen molar-refractivity contribution in [3.05, 3.63) is 35.7 Å². The van der Waals surface area contributed by atoms with Crippen LogP contribution in [0.25, 0.3) is 16.5 Å². The summed E-state index contributed by atoms with van der Waals surface area (Å²) >= 11 is 0. The van der Waals surface area contributed by atoms with Gasteiger partial charge >= 0.3 is 0 Å². The van der Waals surface area contributed by atoms with Gasteiger partial charge in [0.15, 0.2) is 0 Å². The minimum Gasteiger partial charge on any atom is -0.497 e. The summed E-state index contributed by atoms with van der Waals surface area (Å²) in [5, 5.41) is 0.869. The SMILES string of the molecule is CCCCP(CCCC)(CCCC)=NC1=C(c2c[nH]c3ccc(OC)cc23)C(=O)N(C)C1=O. The van der Waals surface area contributed by atoms with E-state index >= 15 is 0 Å². The normalized spacial score (nSPS) is 14.6. The molecule has 2 aromatic rings. The Bertz CT molecular complexity index is 1070. The first kappa shape index (κ1) is 25.3. The van der Waals surface area contributed by atoms with Gasteiger partial charge in [0.2, 0.25) is 0 Å². The van der Waals surface area contributed by atoms with Crippen molar-refractivity contribution in [3.63, 3.8) is 0 Å². The van der Waals surface area contributed by atoms with Crippen LogP contribution in [0.1, 0.15) is 64.9 Å². The van der Waals surface area contributed by atoms with Crippen LogP contribution in [0.5, 0.6) is 5.75 Å². The molecule has 1 aromatic heterocycles. The molecule has 1 aromatic carbocycles. The van der Waals surface area contributed by atoms with Gasteiger partial charge in [-0.05, 0) is 63.0 Å². The van der Waals surface area contributed by atoms with Crippen molar-refractivity contribution in [3.8, 4) is 5.75 Å². The van der Waals surface area contributed by atoms with Crippen LogP contribution in [0.3, 0.4) is 0 Å². The summed E-state index contributed by atoms with van der Waals surface area (Å²) in [4.78, 5) is 31.1. The maximum Gasteiger partial charge on any atom is 0.279 e. The number of carbonyl (C=O) groups is 2. The summed E-state index contributed by atoms with van der Waals surface area (Å²) in [5.74, 6) is 0.159. The molecule has 0 spiro atoms. The fourth-order valence-corrected chi connectivity index (χ4v) is 8.75. The van der Waals surface area contributed by atoms with Gasteiger partial charge in [-0.1, -0.05) is 40.0 Å². The third kappa shape index (κ3) is 5.27. The number of amides is 2. The van der Waals surface area contributed by atoms with Crippen molar-refractivity contribution < 1.29 is 14.3 Å². The van der Waals surface area contributed by atoms with Crippen molar-refractivity contribution in [1.82, 2.24) is 9.88 Å². The highest BCUT2D eigenvalue weighted by atomic mass is 31.2. The highest BCUT2D eigenvalue weighted by Gasteiger charge is 2.39. The first-order chi connectivity index (χ1) is 15.9. The van der Waals surface area contributed by atoms with Gasteiger partial charge in [-0.25, -0.2) is 0 Å². The number of likely N-dealkylation sites (N-methyl/N-ethyl adjacent to an activating group) is 1. The average Bonchev–Trinajstić information content (AvgIpc) is 3.33. The van der Waals surface area contributed by atoms with E-state index in [1.54, 1.807) is 14.2 Å². The summed E-state index contributed by atoms with van der Waals surface area (Å²) < 4.78 is 10.7. The minimum absolute atomic E-state index is 0.276. The van der Waals surface area contributed by atoms with Crippen LogP contribution >= 0.6 is 7.05 Å². The van der Waals surface area contributed by atoms with E-state index in [0.29, 0.717) is 17.0 Å². The predicted molar refractivity (Wildman–Crippen MR) is 138 cm³/mol. The van der Waals surface area contributed by atoms with Crippen molar-refractivity contribution in [2.45, 2.75) is 59.3 Å². The first-order valence-electron chi connectivity index (χ1n) is 12.2. The lowest BCUT2D eigenvalue weighted by Crippen LogP contribution is -2.26. The van der Waals surface area contributed by atoms with Gasteiger partial charge in [-0.2, -0.15) is 0 Å². The summed E-state index contributed by atoms with van der Waals surface area (Å²) in [6.45, 7) is 6.61. The number of imide groups is 1. The standard InChI is InChI=1S/C26H38N3O3P/c1-6-9-14-33(15-10-7-2,16-11-8-3)28-24-23(25(30)29(4)26(24)31)21-18-27-22-13-12-19(32-5)17-20(21)22/h12-13,17-18,27H,6-11,14-16H2,1-5H3. The predicted octanol–water partition coefficient (Wildman–Crippen LogP) is 6.49. The van der Waals surface area contributed by atoms with E-state index in [2.05, 4.69) is 25.8 Å². The van der Waals surface area contributed by atoms with Gasteiger partial charge < -0.3 is 9.72 Å². The highest BCUT2D eigenvalue weighted by molar-refractivity contribution is 7.66. The smallest absolute Gasteiger partial charge is 0.279 e. The van der Waals surface area contributed by atoms with E-state index in [-0.39, 0.29) is 11.8 Å². The summed E-state index contributed by atoms with van der Waals surface area (Å²) in [6, 6.07) is 5.73. The van der Waals surface area contributed by atoms with Crippen LogP contribution in [0.4, 0.5) is 0 Å². The van der Waals surface area contributed by atoms with Crippen molar-refractivity contribution in [2.24, 2.45) is 4.74 Å². The number of carbonyl (C=O) groups excluding carboxylic acids is 2. The number of nitrogens with one attached hydrogen (secondary N) is 1. The molecule has 3 rings (SSSR count). The number of benzene rings is 1. The van der Waals surface area contributed by atoms with Gasteiger partial charge in [0, 0.05) is 29.7 Å². The van der Waals surface area contributed by atoms with E-state index < -0.39 is 7.05 Å². The second kappa shape index (κ2) is 11.2. The maximum atomic E-state index is 13.3. The minimum atomic E-state index is -1.77. The highest BCUT2D eigenvalue weighted by Crippen LogP contribution is 2.54. The average molecular weight is 472 g/mol. The third-order valence-electron chi connectivity index (χ3n) is 6.52. The Morgan fingerprint density at radius 3 is 2.12 bits per heavy atom. The lowest BCUT2D eigenvalue weighted by atomic mass is 10.0. The van der Waals surface area contributed by atoms with Crippen LogP contribution in [0.15, 0.2) is 34.8 Å². The molecule has 0 unspecified atom stereocenters. The van der Waals surface area contributed by atoms with E-state index in [0.717, 1.165) is 73.5 Å². The molecule has 0 radical (unpaired) electrons. The number of H-pyrrole nitrogens is 1. The van der Waals surface area contributed by atoms with Crippen molar-refractivity contribution in [2.75, 3.05) is 32.6 Å².